The molecule has 0 unspecified atom stereocenters. The first-order valence-corrected chi connectivity index (χ1v) is 13.6. The van der Waals surface area contributed by atoms with Gasteiger partial charge in [0.25, 0.3) is 0 Å². The highest BCUT2D eigenvalue weighted by atomic mass is 35.5. The monoisotopic (exact) mass is 568 g/mol. The minimum Gasteiger partial charge on any atom is -0.497 e. The maximum absolute atomic E-state index is 13.9. The van der Waals surface area contributed by atoms with Crippen LogP contribution in [0.3, 0.4) is 0 Å². The zero-order valence-electron chi connectivity index (χ0n) is 20.7. The molecule has 0 radical (unpaired) electrons. The Morgan fingerprint density at radius 1 is 1.29 bits per heavy atom. The fraction of sp³-hybridized carbons (Fsp3) is 0.407. The van der Waals surface area contributed by atoms with Gasteiger partial charge in [-0.25, -0.2) is 13.2 Å². The van der Waals surface area contributed by atoms with Crippen molar-refractivity contribution in [3.63, 3.8) is 0 Å². The number of piperidine rings is 1. The van der Waals surface area contributed by atoms with E-state index in [1.807, 2.05) is 4.90 Å². The summed E-state index contributed by atoms with van der Waals surface area (Å²) in [5, 5.41) is 22.0. The number of benzene rings is 2. The van der Waals surface area contributed by atoms with Crippen LogP contribution in [0.15, 0.2) is 41.4 Å². The van der Waals surface area contributed by atoms with Crippen LogP contribution in [0.4, 0.5) is 13.2 Å². The van der Waals surface area contributed by atoms with Crippen LogP contribution in [0, 0.1) is 29.3 Å². The average Bonchev–Trinajstić information content (AvgIpc) is 2.89. The highest BCUT2D eigenvalue weighted by molar-refractivity contribution is 7.99. The number of hydrogen-bond donors (Lipinski definition) is 2. The Kier molecular flexibility index (Phi) is 9.40. The van der Waals surface area contributed by atoms with Gasteiger partial charge in [-0.1, -0.05) is 11.6 Å². The number of ether oxygens (including phenoxy) is 1. The summed E-state index contributed by atoms with van der Waals surface area (Å²) in [7, 11) is 1.55. The van der Waals surface area contributed by atoms with Crippen molar-refractivity contribution >= 4 is 40.2 Å². The molecule has 1 aliphatic rings. The molecule has 1 saturated heterocycles. The number of aliphatic hydroxyl groups excluding tert-OH is 1. The van der Waals surface area contributed by atoms with E-state index >= 15 is 0 Å². The molecule has 2 N–H and O–H groups in total. The van der Waals surface area contributed by atoms with Crippen molar-refractivity contribution in [1.82, 2.24) is 9.88 Å². The molecule has 204 valence electrons. The molecule has 0 spiro atoms. The van der Waals surface area contributed by atoms with Crippen LogP contribution >= 0.6 is 23.4 Å². The fourth-order valence-corrected chi connectivity index (χ4v) is 6.23. The third-order valence-electron chi connectivity index (χ3n) is 6.99. The Bertz CT molecular complexity index is 1320. The number of nitrogens with zero attached hydrogens (tertiary/aromatic N) is 2. The summed E-state index contributed by atoms with van der Waals surface area (Å²) in [4.78, 5) is 18.2. The zero-order valence-corrected chi connectivity index (χ0v) is 22.2. The Hall–Kier alpha value is -2.53. The van der Waals surface area contributed by atoms with Crippen molar-refractivity contribution in [2.75, 3.05) is 32.5 Å². The van der Waals surface area contributed by atoms with E-state index in [0.29, 0.717) is 78.0 Å². The quantitative estimate of drug-likeness (QED) is 0.231. The Morgan fingerprint density at radius 2 is 2.08 bits per heavy atom. The topological polar surface area (TPSA) is 82.9 Å². The molecule has 2 heterocycles. The molecular weight excluding hydrogens is 541 g/mol. The fourth-order valence-electron chi connectivity index (χ4n) is 4.97. The maximum Gasteiger partial charge on any atom is 0.308 e. The van der Waals surface area contributed by atoms with Gasteiger partial charge in [0.1, 0.15) is 11.6 Å². The first kappa shape index (κ1) is 28.5. The molecule has 3 atom stereocenters. The van der Waals surface area contributed by atoms with Crippen LogP contribution in [-0.2, 0) is 4.79 Å². The van der Waals surface area contributed by atoms with E-state index in [9.17, 15) is 28.2 Å². The predicted molar refractivity (Wildman–Crippen MR) is 140 cm³/mol. The smallest absolute Gasteiger partial charge is 0.308 e. The molecule has 3 aromatic rings. The summed E-state index contributed by atoms with van der Waals surface area (Å²) in [5.41, 5.74) is 1.21. The highest BCUT2D eigenvalue weighted by Gasteiger charge is 2.34. The second-order valence-electron chi connectivity index (χ2n) is 9.34. The lowest BCUT2D eigenvalue weighted by molar-refractivity contribution is -0.146. The van der Waals surface area contributed by atoms with Crippen molar-refractivity contribution in [3.05, 3.63) is 64.6 Å². The molecule has 6 nitrogen and oxygen atoms in total. The van der Waals surface area contributed by atoms with Gasteiger partial charge in [-0.05, 0) is 56.0 Å². The second kappa shape index (κ2) is 12.5. The number of aromatic nitrogens is 1. The molecule has 38 heavy (non-hydrogen) atoms. The molecule has 4 rings (SSSR count). The van der Waals surface area contributed by atoms with Crippen LogP contribution in [0.25, 0.3) is 10.9 Å². The molecule has 2 aromatic carbocycles. The number of thioether (sulfide) groups is 1. The van der Waals surface area contributed by atoms with Gasteiger partial charge in [0.2, 0.25) is 0 Å². The van der Waals surface area contributed by atoms with E-state index in [4.69, 9.17) is 16.3 Å². The number of pyridine rings is 1. The Labute approximate surface area is 227 Å². The summed E-state index contributed by atoms with van der Waals surface area (Å²) in [6, 6.07) is 6.79. The number of carbonyl (C=O) groups is 1. The summed E-state index contributed by atoms with van der Waals surface area (Å²) < 4.78 is 46.0. The molecule has 0 amide bonds. The zero-order chi connectivity index (χ0) is 27.4. The molecule has 1 aliphatic heterocycles. The van der Waals surface area contributed by atoms with Crippen LogP contribution in [0.2, 0.25) is 5.02 Å². The van der Waals surface area contributed by atoms with Gasteiger partial charge in [0.15, 0.2) is 11.6 Å². The number of halogens is 4. The van der Waals surface area contributed by atoms with Crippen LogP contribution in [-0.4, -0.2) is 58.6 Å². The van der Waals surface area contributed by atoms with E-state index in [-0.39, 0.29) is 10.8 Å². The Morgan fingerprint density at radius 3 is 2.82 bits per heavy atom. The molecule has 0 saturated carbocycles. The van der Waals surface area contributed by atoms with Crippen LogP contribution in [0.1, 0.15) is 30.9 Å². The highest BCUT2D eigenvalue weighted by Crippen LogP contribution is 2.37. The van der Waals surface area contributed by atoms with Gasteiger partial charge in [-0.2, -0.15) is 0 Å². The van der Waals surface area contributed by atoms with Crippen LogP contribution < -0.4 is 4.74 Å². The van der Waals surface area contributed by atoms with Crippen molar-refractivity contribution < 1.29 is 32.9 Å². The lowest BCUT2D eigenvalue weighted by atomic mass is 9.81. The first-order valence-electron chi connectivity index (χ1n) is 12.2. The number of carboxylic acids is 1. The largest absolute Gasteiger partial charge is 0.497 e. The van der Waals surface area contributed by atoms with Crippen molar-refractivity contribution in [3.8, 4) is 5.75 Å². The van der Waals surface area contributed by atoms with Gasteiger partial charge >= 0.3 is 5.97 Å². The van der Waals surface area contributed by atoms with Crippen molar-refractivity contribution in [2.24, 2.45) is 11.8 Å². The molecule has 0 aliphatic carbocycles. The lowest BCUT2D eigenvalue weighted by Crippen LogP contribution is -2.44. The third kappa shape index (κ3) is 6.54. The molecular formula is C27H28ClF3N2O4S. The second-order valence-corrected chi connectivity index (χ2v) is 10.9. The van der Waals surface area contributed by atoms with Crippen molar-refractivity contribution in [2.45, 2.75) is 30.3 Å². The van der Waals surface area contributed by atoms with Gasteiger partial charge in [-0.15, -0.1) is 11.8 Å². The minimum atomic E-state index is -1.23. The van der Waals surface area contributed by atoms with E-state index < -0.39 is 35.4 Å². The van der Waals surface area contributed by atoms with E-state index in [1.54, 1.807) is 25.3 Å². The number of likely N-dealkylation sites (tertiary alicyclic amines) is 1. The normalized spacial score (nSPS) is 19.0. The third-order valence-corrected chi connectivity index (χ3v) is 8.29. The number of rotatable bonds is 10. The number of fused-ring (bicyclic) bond motifs is 1. The number of aliphatic carboxylic acids is 1. The minimum absolute atomic E-state index is 0.110. The summed E-state index contributed by atoms with van der Waals surface area (Å²) in [6.45, 7) is 1.37. The molecule has 1 fully saturated rings. The lowest BCUT2D eigenvalue weighted by Gasteiger charge is -2.37. The van der Waals surface area contributed by atoms with Gasteiger partial charge in [0, 0.05) is 47.0 Å². The summed E-state index contributed by atoms with van der Waals surface area (Å²) >= 11 is 7.39. The van der Waals surface area contributed by atoms with E-state index in [2.05, 4.69) is 4.98 Å². The number of methoxy groups -OCH3 is 1. The first-order chi connectivity index (χ1) is 18.2. The SMILES string of the molecule is COc1ccc2ncc(Cl)c([C@@H](O)CC[C@H]3CCN(CCSc4cc(F)cc(F)c4F)C[C@H]3C(=O)O)c2c1. The molecule has 0 bridgehead atoms. The van der Waals surface area contributed by atoms with Crippen LogP contribution in [0.5, 0.6) is 5.75 Å². The average molecular weight is 569 g/mol. The standard InChI is InChI=1S/C27H28ClF3N2O4S/c1-37-17-3-4-22-18(12-17)25(20(28)13-32-22)23(34)5-2-15-6-7-33(14-19(15)27(35)36)8-9-38-24-11-16(29)10-21(30)26(24)31/h3-4,10-13,15,19,23,34H,2,5-9,14H2,1H3,(H,35,36)/t15-,19+,23-/m0/s1. The van der Waals surface area contributed by atoms with E-state index in [1.165, 1.54) is 6.20 Å². The predicted octanol–water partition coefficient (Wildman–Crippen LogP) is 5.94. The molecule has 11 heteroatoms. The number of aliphatic hydroxyl groups is 1. The Balaban J connectivity index is 1.36. The number of carboxylic acid groups (broad SMARTS) is 1. The summed E-state index contributed by atoms with van der Waals surface area (Å²) in [6.07, 6.45) is 2.00. The van der Waals surface area contributed by atoms with E-state index in [0.717, 1.165) is 17.8 Å². The maximum atomic E-state index is 13.9. The summed E-state index contributed by atoms with van der Waals surface area (Å²) in [5.74, 6) is -3.92. The van der Waals surface area contributed by atoms with Gasteiger partial charge in [0.05, 0.1) is 29.7 Å². The molecule has 1 aromatic heterocycles. The van der Waals surface area contributed by atoms with Gasteiger partial charge in [-0.3, -0.25) is 9.78 Å². The number of hydrogen-bond acceptors (Lipinski definition) is 6. The van der Waals surface area contributed by atoms with Gasteiger partial charge < -0.3 is 19.8 Å². The van der Waals surface area contributed by atoms with Crippen molar-refractivity contribution in [1.29, 1.82) is 0 Å².